The molecular weight excluding hydrogens is 376 g/mol. The number of nitrogens with one attached hydrogen (secondary N) is 2. The first-order chi connectivity index (χ1) is 12.6. The third-order valence-corrected chi connectivity index (χ3v) is 5.44. The summed E-state index contributed by atoms with van der Waals surface area (Å²) >= 11 is 2.70. The summed E-state index contributed by atoms with van der Waals surface area (Å²) < 4.78 is 11.3. The Bertz CT molecular complexity index is 825. The molecule has 10 heteroatoms. The van der Waals surface area contributed by atoms with Crippen molar-refractivity contribution >= 4 is 45.6 Å². The van der Waals surface area contributed by atoms with Gasteiger partial charge in [0, 0.05) is 18.2 Å². The van der Waals surface area contributed by atoms with E-state index >= 15 is 0 Å². The minimum absolute atomic E-state index is 0.103. The number of hydrogen-bond acceptors (Lipinski definition) is 9. The minimum Gasteiger partial charge on any atom is -0.454 e. The van der Waals surface area contributed by atoms with Crippen molar-refractivity contribution in [2.24, 2.45) is 0 Å². The van der Waals surface area contributed by atoms with E-state index in [4.69, 9.17) is 9.47 Å². The lowest BCUT2D eigenvalue weighted by Crippen LogP contribution is -2.16. The fourth-order valence-electron chi connectivity index (χ4n) is 2.22. The number of ether oxygens (including phenoxy) is 2. The maximum atomic E-state index is 12.3. The molecule has 1 aromatic heterocycles. The number of fused-ring (bicyclic) bond motifs is 1. The number of hydrogen-bond donors (Lipinski definition) is 2. The summed E-state index contributed by atoms with van der Waals surface area (Å²) in [4.78, 5) is 24.1. The van der Waals surface area contributed by atoms with Gasteiger partial charge in [-0.05, 0) is 19.4 Å². The van der Waals surface area contributed by atoms with E-state index in [0.717, 1.165) is 18.1 Å². The van der Waals surface area contributed by atoms with Crippen LogP contribution in [0.5, 0.6) is 11.5 Å². The van der Waals surface area contributed by atoms with Crippen molar-refractivity contribution in [3.05, 3.63) is 17.7 Å². The molecule has 2 heterocycles. The summed E-state index contributed by atoms with van der Waals surface area (Å²) in [5.41, 5.74) is 0.796. The number of thioether (sulfide) groups is 1. The molecule has 0 spiro atoms. The Morgan fingerprint density at radius 3 is 2.77 bits per heavy atom. The summed E-state index contributed by atoms with van der Waals surface area (Å²) in [6, 6.07) is 3.20. The molecule has 1 aromatic carbocycles. The number of rotatable bonds is 8. The van der Waals surface area contributed by atoms with Crippen molar-refractivity contribution in [2.75, 3.05) is 29.7 Å². The lowest BCUT2D eigenvalue weighted by Gasteiger charge is -2.10. The van der Waals surface area contributed by atoms with Crippen LogP contribution in [0.1, 0.15) is 30.6 Å². The third kappa shape index (κ3) is 4.44. The highest BCUT2D eigenvalue weighted by molar-refractivity contribution is 8.01. The van der Waals surface area contributed by atoms with Gasteiger partial charge in [-0.3, -0.25) is 9.59 Å². The van der Waals surface area contributed by atoms with Crippen molar-refractivity contribution in [2.45, 2.75) is 24.6 Å². The van der Waals surface area contributed by atoms with Crippen LogP contribution in [0.25, 0.3) is 0 Å². The maximum Gasteiger partial charge on any atom is 0.234 e. The second kappa shape index (κ2) is 8.37. The second-order valence-corrected chi connectivity index (χ2v) is 7.64. The zero-order valence-electron chi connectivity index (χ0n) is 14.3. The van der Waals surface area contributed by atoms with Gasteiger partial charge in [-0.25, -0.2) is 0 Å². The molecule has 0 radical (unpaired) electrons. The highest BCUT2D eigenvalue weighted by atomic mass is 32.2. The quantitative estimate of drug-likeness (QED) is 0.520. The van der Waals surface area contributed by atoms with Crippen molar-refractivity contribution < 1.29 is 19.1 Å². The van der Waals surface area contributed by atoms with Crippen LogP contribution in [0.15, 0.2) is 16.5 Å². The van der Waals surface area contributed by atoms with Crippen LogP contribution in [0.3, 0.4) is 0 Å². The number of nitrogens with zero attached hydrogens (tertiary/aromatic N) is 2. The first-order valence-corrected chi connectivity index (χ1v) is 9.81. The molecule has 0 fully saturated rings. The molecule has 0 unspecified atom stereocenters. The summed E-state index contributed by atoms with van der Waals surface area (Å²) in [7, 11) is 0. The molecule has 1 aliphatic heterocycles. The van der Waals surface area contributed by atoms with Crippen LogP contribution in [-0.4, -0.2) is 41.0 Å². The molecule has 0 atom stereocenters. The molecule has 3 rings (SSSR count). The van der Waals surface area contributed by atoms with Gasteiger partial charge in [0.2, 0.25) is 17.8 Å². The van der Waals surface area contributed by atoms with Gasteiger partial charge in [-0.15, -0.1) is 10.2 Å². The first kappa shape index (κ1) is 18.5. The molecule has 0 saturated heterocycles. The van der Waals surface area contributed by atoms with E-state index in [1.807, 2.05) is 0 Å². The number of carbonyl (C=O) groups is 2. The van der Waals surface area contributed by atoms with Crippen LogP contribution in [0.2, 0.25) is 0 Å². The zero-order valence-corrected chi connectivity index (χ0v) is 16.0. The van der Waals surface area contributed by atoms with E-state index in [2.05, 4.69) is 27.8 Å². The fraction of sp³-hybridized carbons (Fsp3) is 0.375. The van der Waals surface area contributed by atoms with Gasteiger partial charge < -0.3 is 20.1 Å². The summed E-state index contributed by atoms with van der Waals surface area (Å²) in [6.45, 7) is 4.44. The molecule has 0 saturated carbocycles. The Labute approximate surface area is 158 Å². The Morgan fingerprint density at radius 2 is 2.04 bits per heavy atom. The Kier molecular flexibility index (Phi) is 5.94. The minimum atomic E-state index is -0.241. The number of carbonyl (C=O) groups excluding carboxylic acids is 2. The van der Waals surface area contributed by atoms with Gasteiger partial charge in [0.1, 0.15) is 0 Å². The van der Waals surface area contributed by atoms with Gasteiger partial charge in [-0.1, -0.05) is 30.0 Å². The number of benzene rings is 1. The van der Waals surface area contributed by atoms with Crippen LogP contribution in [0, 0.1) is 0 Å². The van der Waals surface area contributed by atoms with E-state index < -0.39 is 0 Å². The topological polar surface area (TPSA) is 102 Å². The lowest BCUT2D eigenvalue weighted by molar-refractivity contribution is -0.113. The summed E-state index contributed by atoms with van der Waals surface area (Å²) in [6.07, 6.45) is 0.998. The zero-order chi connectivity index (χ0) is 18.5. The SMILES string of the molecule is CCCNc1nnc(SCC(=O)Nc2cc3c(cc2C(C)=O)OCO3)s1. The molecule has 2 aromatic rings. The van der Waals surface area contributed by atoms with E-state index in [-0.39, 0.29) is 24.2 Å². The van der Waals surface area contributed by atoms with Crippen LogP contribution < -0.4 is 20.1 Å². The maximum absolute atomic E-state index is 12.3. The molecule has 8 nitrogen and oxygen atoms in total. The number of amides is 1. The molecule has 26 heavy (non-hydrogen) atoms. The summed E-state index contributed by atoms with van der Waals surface area (Å²) in [5.74, 6) is 0.766. The second-order valence-electron chi connectivity index (χ2n) is 5.44. The normalized spacial score (nSPS) is 12.1. The predicted octanol–water partition coefficient (Wildman–Crippen LogP) is 3.02. The molecule has 0 aliphatic carbocycles. The molecule has 2 N–H and O–H groups in total. The fourth-order valence-corrected chi connectivity index (χ4v) is 3.80. The average molecular weight is 394 g/mol. The average Bonchev–Trinajstić information content (AvgIpc) is 3.26. The van der Waals surface area contributed by atoms with Gasteiger partial charge in [0.25, 0.3) is 0 Å². The lowest BCUT2D eigenvalue weighted by atomic mass is 10.1. The van der Waals surface area contributed by atoms with Gasteiger partial charge in [-0.2, -0.15) is 0 Å². The smallest absolute Gasteiger partial charge is 0.234 e. The molecule has 138 valence electrons. The monoisotopic (exact) mass is 394 g/mol. The van der Waals surface area contributed by atoms with Crippen molar-refractivity contribution in [3.8, 4) is 11.5 Å². The van der Waals surface area contributed by atoms with E-state index in [1.165, 1.54) is 30.0 Å². The summed E-state index contributed by atoms with van der Waals surface area (Å²) in [5, 5.41) is 14.7. The van der Waals surface area contributed by atoms with E-state index in [0.29, 0.717) is 27.1 Å². The number of Topliss-reactive ketones (excluding diaryl/α,β-unsaturated/α-hetero) is 1. The first-order valence-electron chi connectivity index (χ1n) is 8.01. The molecule has 1 amide bonds. The van der Waals surface area contributed by atoms with Crippen molar-refractivity contribution in [1.29, 1.82) is 0 Å². The highest BCUT2D eigenvalue weighted by Crippen LogP contribution is 2.37. The Balaban J connectivity index is 1.61. The van der Waals surface area contributed by atoms with Crippen molar-refractivity contribution in [1.82, 2.24) is 10.2 Å². The molecule has 0 bridgehead atoms. The van der Waals surface area contributed by atoms with Crippen LogP contribution in [0.4, 0.5) is 10.8 Å². The Hall–Kier alpha value is -2.33. The predicted molar refractivity (Wildman–Crippen MR) is 101 cm³/mol. The van der Waals surface area contributed by atoms with Crippen molar-refractivity contribution in [3.63, 3.8) is 0 Å². The van der Waals surface area contributed by atoms with Crippen LogP contribution in [-0.2, 0) is 4.79 Å². The Morgan fingerprint density at radius 1 is 1.27 bits per heavy atom. The molecule has 1 aliphatic rings. The highest BCUT2D eigenvalue weighted by Gasteiger charge is 2.20. The largest absolute Gasteiger partial charge is 0.454 e. The van der Waals surface area contributed by atoms with E-state index in [9.17, 15) is 9.59 Å². The van der Waals surface area contributed by atoms with Crippen LogP contribution >= 0.6 is 23.1 Å². The van der Waals surface area contributed by atoms with Gasteiger partial charge in [0.05, 0.1) is 11.4 Å². The molecular formula is C16H18N4O4S2. The third-order valence-electron chi connectivity index (χ3n) is 3.43. The van der Waals surface area contributed by atoms with Gasteiger partial charge in [0.15, 0.2) is 21.6 Å². The number of ketones is 1. The standard InChI is InChI=1S/C16H18N4O4S2/c1-3-4-17-15-19-20-16(26-15)25-7-14(22)18-11-6-13-12(23-8-24-13)5-10(11)9(2)21/h5-6H,3-4,7-8H2,1-2H3,(H,17,19)(H,18,22). The number of anilines is 2. The van der Waals surface area contributed by atoms with Gasteiger partial charge >= 0.3 is 0 Å². The van der Waals surface area contributed by atoms with E-state index in [1.54, 1.807) is 12.1 Å². The number of aromatic nitrogens is 2.